The van der Waals surface area contributed by atoms with Gasteiger partial charge in [-0.05, 0) is 20.8 Å². The van der Waals surface area contributed by atoms with Crippen molar-refractivity contribution in [1.82, 2.24) is 10.3 Å². The average molecular weight is 243 g/mol. The number of carbonyl (C=O) groups is 2. The molecule has 0 aliphatic carbocycles. The highest BCUT2D eigenvalue weighted by Crippen LogP contribution is 2.20. The zero-order chi connectivity index (χ0) is 12.3. The minimum absolute atomic E-state index is 0.463. The monoisotopic (exact) mass is 243 g/mol. The van der Waals surface area contributed by atoms with Crippen LogP contribution in [0.2, 0.25) is 0 Å². The summed E-state index contributed by atoms with van der Waals surface area (Å²) in [5, 5.41) is 13.8. The predicted molar refractivity (Wildman–Crippen MR) is 60.8 cm³/mol. The number of rotatable bonds is 3. The largest absolute Gasteiger partial charge is 0.480 e. The Hall–Kier alpha value is -1.63. The Labute approximate surface area is 96.7 Å². The van der Waals surface area contributed by atoms with Crippen LogP contribution >= 0.6 is 11.3 Å². The second-order valence-electron chi connectivity index (χ2n) is 3.32. The van der Waals surface area contributed by atoms with E-state index in [4.69, 9.17) is 5.11 Å². The molecule has 1 rings (SSSR count). The lowest BCUT2D eigenvalue weighted by Crippen LogP contribution is -2.40. The van der Waals surface area contributed by atoms with Crippen molar-refractivity contribution in [2.45, 2.75) is 26.8 Å². The maximum atomic E-state index is 11.3. The number of hydrogen-bond acceptors (Lipinski definition) is 4. The number of aromatic nitrogens is 1. The smallest absolute Gasteiger partial charge is 0.325 e. The molecule has 3 N–H and O–H groups in total. The number of thiazole rings is 1. The van der Waals surface area contributed by atoms with Crippen LogP contribution in [0, 0.1) is 13.8 Å². The highest BCUT2D eigenvalue weighted by Gasteiger charge is 2.14. The molecule has 6 nitrogen and oxygen atoms in total. The van der Waals surface area contributed by atoms with Crippen molar-refractivity contribution in [1.29, 1.82) is 0 Å². The zero-order valence-corrected chi connectivity index (χ0v) is 10.0. The van der Waals surface area contributed by atoms with Crippen LogP contribution in [0.25, 0.3) is 0 Å². The number of amides is 2. The van der Waals surface area contributed by atoms with Crippen LogP contribution < -0.4 is 10.6 Å². The van der Waals surface area contributed by atoms with Gasteiger partial charge in [-0.25, -0.2) is 9.78 Å². The summed E-state index contributed by atoms with van der Waals surface area (Å²) in [4.78, 5) is 26.9. The molecule has 1 aromatic rings. The van der Waals surface area contributed by atoms with Crippen LogP contribution in [0.15, 0.2) is 0 Å². The molecule has 7 heteroatoms. The van der Waals surface area contributed by atoms with Gasteiger partial charge >= 0.3 is 12.0 Å². The maximum absolute atomic E-state index is 11.3. The van der Waals surface area contributed by atoms with Gasteiger partial charge in [0.1, 0.15) is 6.04 Å². The highest BCUT2D eigenvalue weighted by atomic mass is 32.1. The number of carboxylic acid groups (broad SMARTS) is 1. The summed E-state index contributed by atoms with van der Waals surface area (Å²) in [6.07, 6.45) is 0. The molecule has 1 heterocycles. The number of aliphatic carboxylic acids is 1. The van der Waals surface area contributed by atoms with Gasteiger partial charge in [0, 0.05) is 4.88 Å². The number of carbonyl (C=O) groups excluding carboxylic acids is 1. The third kappa shape index (κ3) is 3.20. The van der Waals surface area contributed by atoms with E-state index in [9.17, 15) is 9.59 Å². The van der Waals surface area contributed by atoms with Gasteiger partial charge in [0.2, 0.25) is 0 Å². The summed E-state index contributed by atoms with van der Waals surface area (Å²) in [6.45, 7) is 5.13. The number of nitrogens with one attached hydrogen (secondary N) is 2. The Morgan fingerprint density at radius 2 is 2.06 bits per heavy atom. The molecule has 1 atom stereocenters. The van der Waals surface area contributed by atoms with Gasteiger partial charge < -0.3 is 10.4 Å². The van der Waals surface area contributed by atoms with Gasteiger partial charge in [-0.2, -0.15) is 0 Å². The van der Waals surface area contributed by atoms with Crippen molar-refractivity contribution in [2.75, 3.05) is 5.32 Å². The molecule has 16 heavy (non-hydrogen) atoms. The molecule has 0 unspecified atom stereocenters. The van der Waals surface area contributed by atoms with E-state index in [1.54, 1.807) is 0 Å². The molecule has 0 aromatic carbocycles. The van der Waals surface area contributed by atoms with Gasteiger partial charge in [-0.15, -0.1) is 11.3 Å². The van der Waals surface area contributed by atoms with Gasteiger partial charge in [-0.1, -0.05) is 0 Å². The van der Waals surface area contributed by atoms with E-state index in [1.165, 1.54) is 18.3 Å². The Bertz CT molecular complexity index is 397. The van der Waals surface area contributed by atoms with E-state index in [0.29, 0.717) is 5.13 Å². The van der Waals surface area contributed by atoms with Crippen molar-refractivity contribution in [3.8, 4) is 0 Å². The fourth-order valence-corrected chi connectivity index (χ4v) is 1.73. The van der Waals surface area contributed by atoms with E-state index < -0.39 is 18.0 Å². The number of nitrogens with zero attached hydrogens (tertiary/aromatic N) is 1. The summed E-state index contributed by atoms with van der Waals surface area (Å²) in [6, 6.07) is -1.49. The van der Waals surface area contributed by atoms with E-state index in [0.717, 1.165) is 10.6 Å². The lowest BCUT2D eigenvalue weighted by Gasteiger charge is -2.08. The normalized spacial score (nSPS) is 11.9. The first kappa shape index (κ1) is 12.4. The molecule has 0 spiro atoms. The quantitative estimate of drug-likeness (QED) is 0.747. The van der Waals surface area contributed by atoms with Gasteiger partial charge in [-0.3, -0.25) is 10.1 Å². The Kier molecular flexibility index (Phi) is 3.83. The summed E-state index contributed by atoms with van der Waals surface area (Å²) < 4.78 is 0. The molecule has 2 amide bonds. The maximum Gasteiger partial charge on any atom is 0.325 e. The summed E-state index contributed by atoms with van der Waals surface area (Å²) in [5.41, 5.74) is 0.853. The molecular formula is C9H13N3O3S. The Morgan fingerprint density at radius 1 is 1.44 bits per heavy atom. The van der Waals surface area contributed by atoms with Gasteiger partial charge in [0.05, 0.1) is 5.69 Å². The van der Waals surface area contributed by atoms with Crippen molar-refractivity contribution >= 4 is 28.5 Å². The van der Waals surface area contributed by atoms with Crippen molar-refractivity contribution in [3.05, 3.63) is 10.6 Å². The molecule has 0 fully saturated rings. The molecule has 0 bridgehead atoms. The molecular weight excluding hydrogens is 230 g/mol. The van der Waals surface area contributed by atoms with E-state index in [1.807, 2.05) is 13.8 Å². The van der Waals surface area contributed by atoms with Crippen molar-refractivity contribution in [2.24, 2.45) is 0 Å². The third-order valence-corrected chi connectivity index (χ3v) is 2.96. The number of carboxylic acids is 1. The second-order valence-corrected chi connectivity index (χ2v) is 4.52. The fourth-order valence-electron chi connectivity index (χ4n) is 0.918. The van der Waals surface area contributed by atoms with E-state index >= 15 is 0 Å². The summed E-state index contributed by atoms with van der Waals surface area (Å²) >= 11 is 1.35. The lowest BCUT2D eigenvalue weighted by atomic mass is 10.3. The second kappa shape index (κ2) is 4.93. The predicted octanol–water partition coefficient (Wildman–Crippen LogP) is 1.35. The van der Waals surface area contributed by atoms with Crippen molar-refractivity contribution < 1.29 is 14.7 Å². The summed E-state index contributed by atoms with van der Waals surface area (Å²) in [5.74, 6) is -1.08. The molecule has 88 valence electrons. The molecule has 0 aliphatic heterocycles. The van der Waals surface area contributed by atoms with Crippen LogP contribution in [0.5, 0.6) is 0 Å². The molecule has 1 aromatic heterocycles. The summed E-state index contributed by atoms with van der Waals surface area (Å²) in [7, 11) is 0. The lowest BCUT2D eigenvalue weighted by molar-refractivity contribution is -0.138. The average Bonchev–Trinajstić information content (AvgIpc) is 2.45. The number of aryl methyl sites for hydroxylation is 2. The number of urea groups is 1. The SMILES string of the molecule is Cc1nc(NC(=O)N[C@H](C)C(=O)O)sc1C. The Balaban J connectivity index is 2.55. The number of anilines is 1. The molecule has 0 aliphatic rings. The molecule has 0 saturated carbocycles. The number of hydrogen-bond donors (Lipinski definition) is 3. The first-order valence-corrected chi connectivity index (χ1v) is 5.46. The molecule has 0 radical (unpaired) electrons. The van der Waals surface area contributed by atoms with Gasteiger partial charge in [0.15, 0.2) is 5.13 Å². The van der Waals surface area contributed by atoms with E-state index in [2.05, 4.69) is 15.6 Å². The standard InChI is InChI=1S/C9H13N3O3S/c1-4-6(3)16-9(11-4)12-8(15)10-5(2)7(13)14/h5H,1-3H3,(H,13,14)(H2,10,11,12,15)/t5-/m1/s1. The van der Waals surface area contributed by atoms with Crippen molar-refractivity contribution in [3.63, 3.8) is 0 Å². The fraction of sp³-hybridized carbons (Fsp3) is 0.444. The first-order chi connectivity index (χ1) is 7.40. The zero-order valence-electron chi connectivity index (χ0n) is 9.20. The molecule has 0 saturated heterocycles. The van der Waals surface area contributed by atoms with Crippen LogP contribution in [0.4, 0.5) is 9.93 Å². The van der Waals surface area contributed by atoms with Gasteiger partial charge in [0.25, 0.3) is 0 Å². The third-order valence-electron chi connectivity index (χ3n) is 1.97. The minimum Gasteiger partial charge on any atom is -0.480 e. The van der Waals surface area contributed by atoms with E-state index in [-0.39, 0.29) is 0 Å². The minimum atomic E-state index is -1.08. The van der Waals surface area contributed by atoms with Crippen LogP contribution in [0.3, 0.4) is 0 Å². The van der Waals surface area contributed by atoms with Crippen LogP contribution in [-0.2, 0) is 4.79 Å². The first-order valence-electron chi connectivity index (χ1n) is 4.64. The Morgan fingerprint density at radius 3 is 2.50 bits per heavy atom. The topological polar surface area (TPSA) is 91.3 Å². The highest BCUT2D eigenvalue weighted by molar-refractivity contribution is 7.15. The van der Waals surface area contributed by atoms with Crippen LogP contribution in [0.1, 0.15) is 17.5 Å². The van der Waals surface area contributed by atoms with Crippen LogP contribution in [-0.4, -0.2) is 28.1 Å².